The molecule has 3 nitrogen and oxygen atoms in total. The summed E-state index contributed by atoms with van der Waals surface area (Å²) < 4.78 is 23.0. The maximum absolute atomic E-state index is 11.5. The second-order valence-corrected chi connectivity index (χ2v) is 9.36. The van der Waals surface area contributed by atoms with Crippen LogP contribution in [0.25, 0.3) is 0 Å². The second kappa shape index (κ2) is 5.12. The normalized spacial score (nSPS) is 36.7. The summed E-state index contributed by atoms with van der Waals surface area (Å²) in [5.74, 6) is 1.40. The van der Waals surface area contributed by atoms with Gasteiger partial charge in [-0.3, -0.25) is 0 Å². The molecule has 0 amide bonds. The van der Waals surface area contributed by atoms with Crippen molar-refractivity contribution >= 4 is 9.84 Å². The molecule has 1 saturated carbocycles. The molecule has 0 aromatic heterocycles. The molecule has 1 heterocycles. The van der Waals surface area contributed by atoms with Crippen LogP contribution in [0, 0.1) is 11.3 Å². The molecule has 106 valence electrons. The molecule has 0 aromatic carbocycles. The maximum Gasteiger partial charge on any atom is 0.151 e. The molecule has 3 unspecified atom stereocenters. The average Bonchev–Trinajstić information content (AvgIpc) is 2.57. The number of sulfone groups is 1. The molecular formula is C14H27NO2S. The van der Waals surface area contributed by atoms with Crippen molar-refractivity contribution in [2.24, 2.45) is 11.3 Å². The molecular weight excluding hydrogens is 246 g/mol. The van der Waals surface area contributed by atoms with Crippen molar-refractivity contribution in [1.82, 2.24) is 5.32 Å². The molecule has 4 heteroatoms. The van der Waals surface area contributed by atoms with Gasteiger partial charge in [-0.05, 0) is 30.6 Å². The van der Waals surface area contributed by atoms with Crippen LogP contribution in [0.3, 0.4) is 0 Å². The summed E-state index contributed by atoms with van der Waals surface area (Å²) in [5, 5.41) is 3.65. The SMILES string of the molecule is CC(C)(C)C1CCCCC1NC1CCS(=O)(=O)C1. The molecule has 1 saturated heterocycles. The predicted octanol–water partition coefficient (Wildman–Crippen LogP) is 2.37. The summed E-state index contributed by atoms with van der Waals surface area (Å²) in [7, 11) is -2.76. The van der Waals surface area contributed by atoms with E-state index in [0.29, 0.717) is 28.9 Å². The Morgan fingerprint density at radius 1 is 1.06 bits per heavy atom. The Balaban J connectivity index is 1.98. The molecule has 3 atom stereocenters. The van der Waals surface area contributed by atoms with Gasteiger partial charge in [0, 0.05) is 12.1 Å². The average molecular weight is 273 g/mol. The highest BCUT2D eigenvalue weighted by Gasteiger charge is 2.37. The van der Waals surface area contributed by atoms with Crippen LogP contribution in [-0.4, -0.2) is 32.0 Å². The highest BCUT2D eigenvalue weighted by molar-refractivity contribution is 7.91. The van der Waals surface area contributed by atoms with Gasteiger partial charge >= 0.3 is 0 Å². The first kappa shape index (κ1) is 14.3. The Kier molecular flexibility index (Phi) is 4.07. The van der Waals surface area contributed by atoms with Crippen molar-refractivity contribution in [2.75, 3.05) is 11.5 Å². The third-order valence-electron chi connectivity index (χ3n) is 4.56. The topological polar surface area (TPSA) is 46.2 Å². The lowest BCUT2D eigenvalue weighted by Gasteiger charge is -2.42. The fourth-order valence-electron chi connectivity index (χ4n) is 3.60. The van der Waals surface area contributed by atoms with Gasteiger partial charge in [0.15, 0.2) is 9.84 Å². The lowest BCUT2D eigenvalue weighted by molar-refractivity contribution is 0.125. The first-order valence-electron chi connectivity index (χ1n) is 7.24. The third kappa shape index (κ3) is 3.47. The molecule has 2 rings (SSSR count). The van der Waals surface area contributed by atoms with Crippen LogP contribution in [-0.2, 0) is 9.84 Å². The summed E-state index contributed by atoms with van der Waals surface area (Å²) >= 11 is 0. The zero-order chi connectivity index (χ0) is 13.4. The van der Waals surface area contributed by atoms with E-state index in [1.54, 1.807) is 0 Å². The van der Waals surface area contributed by atoms with Gasteiger partial charge in [-0.25, -0.2) is 8.42 Å². The molecule has 0 radical (unpaired) electrons. The van der Waals surface area contributed by atoms with E-state index in [-0.39, 0.29) is 6.04 Å². The quantitative estimate of drug-likeness (QED) is 0.840. The van der Waals surface area contributed by atoms with Crippen molar-refractivity contribution in [2.45, 2.75) is 65.0 Å². The first-order valence-corrected chi connectivity index (χ1v) is 9.06. The third-order valence-corrected chi connectivity index (χ3v) is 6.33. The zero-order valence-electron chi connectivity index (χ0n) is 11.9. The van der Waals surface area contributed by atoms with Crippen molar-refractivity contribution < 1.29 is 8.42 Å². The van der Waals surface area contributed by atoms with E-state index in [9.17, 15) is 8.42 Å². The van der Waals surface area contributed by atoms with E-state index in [0.717, 1.165) is 6.42 Å². The molecule has 1 N–H and O–H groups in total. The van der Waals surface area contributed by atoms with E-state index < -0.39 is 9.84 Å². The monoisotopic (exact) mass is 273 g/mol. The van der Waals surface area contributed by atoms with Crippen LogP contribution in [0.15, 0.2) is 0 Å². The molecule has 0 spiro atoms. The number of hydrogen-bond donors (Lipinski definition) is 1. The van der Waals surface area contributed by atoms with Gasteiger partial charge in [0.25, 0.3) is 0 Å². The Morgan fingerprint density at radius 3 is 2.28 bits per heavy atom. The first-order chi connectivity index (χ1) is 8.28. The van der Waals surface area contributed by atoms with Crippen LogP contribution in [0.4, 0.5) is 0 Å². The lowest BCUT2D eigenvalue weighted by atomic mass is 9.69. The Morgan fingerprint density at radius 2 is 1.72 bits per heavy atom. The molecule has 0 aromatic rings. The number of hydrogen-bond acceptors (Lipinski definition) is 3. The van der Waals surface area contributed by atoms with E-state index in [1.807, 2.05) is 0 Å². The molecule has 18 heavy (non-hydrogen) atoms. The van der Waals surface area contributed by atoms with E-state index in [2.05, 4.69) is 26.1 Å². The van der Waals surface area contributed by atoms with Crippen molar-refractivity contribution in [3.8, 4) is 0 Å². The van der Waals surface area contributed by atoms with E-state index in [1.165, 1.54) is 25.7 Å². The zero-order valence-corrected chi connectivity index (χ0v) is 12.7. The van der Waals surface area contributed by atoms with Gasteiger partial charge in [-0.2, -0.15) is 0 Å². The second-order valence-electron chi connectivity index (χ2n) is 7.13. The van der Waals surface area contributed by atoms with Crippen LogP contribution in [0.5, 0.6) is 0 Å². The van der Waals surface area contributed by atoms with Gasteiger partial charge in [0.05, 0.1) is 11.5 Å². The smallest absolute Gasteiger partial charge is 0.151 e. The molecule has 2 aliphatic rings. The van der Waals surface area contributed by atoms with Gasteiger partial charge in [-0.15, -0.1) is 0 Å². The van der Waals surface area contributed by atoms with Gasteiger partial charge < -0.3 is 5.32 Å². The van der Waals surface area contributed by atoms with Crippen molar-refractivity contribution in [3.05, 3.63) is 0 Å². The summed E-state index contributed by atoms with van der Waals surface area (Å²) in [6.07, 6.45) is 5.89. The van der Waals surface area contributed by atoms with Crippen molar-refractivity contribution in [3.63, 3.8) is 0 Å². The summed E-state index contributed by atoms with van der Waals surface area (Å²) in [6, 6.07) is 0.708. The minimum absolute atomic E-state index is 0.197. The lowest BCUT2D eigenvalue weighted by Crippen LogP contribution is -2.48. The van der Waals surface area contributed by atoms with Crippen LogP contribution < -0.4 is 5.32 Å². The Hall–Kier alpha value is -0.0900. The summed E-state index contributed by atoms with van der Waals surface area (Å²) in [4.78, 5) is 0. The molecule has 1 aliphatic heterocycles. The van der Waals surface area contributed by atoms with Gasteiger partial charge in [-0.1, -0.05) is 33.6 Å². The number of rotatable bonds is 2. The van der Waals surface area contributed by atoms with Crippen LogP contribution >= 0.6 is 0 Å². The largest absolute Gasteiger partial charge is 0.310 e. The minimum atomic E-state index is -2.76. The highest BCUT2D eigenvalue weighted by atomic mass is 32.2. The van der Waals surface area contributed by atoms with E-state index >= 15 is 0 Å². The molecule has 2 fully saturated rings. The fraction of sp³-hybridized carbons (Fsp3) is 1.00. The number of nitrogens with one attached hydrogen (secondary N) is 1. The van der Waals surface area contributed by atoms with Crippen molar-refractivity contribution in [1.29, 1.82) is 0 Å². The van der Waals surface area contributed by atoms with Gasteiger partial charge in [0.1, 0.15) is 0 Å². The molecule has 0 bridgehead atoms. The minimum Gasteiger partial charge on any atom is -0.310 e. The Bertz CT molecular complexity index is 383. The Labute approximate surface area is 112 Å². The van der Waals surface area contributed by atoms with E-state index in [4.69, 9.17) is 0 Å². The summed E-state index contributed by atoms with van der Waals surface area (Å²) in [5.41, 5.74) is 0.315. The van der Waals surface area contributed by atoms with Gasteiger partial charge in [0.2, 0.25) is 0 Å². The summed E-state index contributed by atoms with van der Waals surface area (Å²) in [6.45, 7) is 6.93. The highest BCUT2D eigenvalue weighted by Crippen LogP contribution is 2.38. The predicted molar refractivity (Wildman–Crippen MR) is 75.4 cm³/mol. The fourth-order valence-corrected chi connectivity index (χ4v) is 5.28. The van der Waals surface area contributed by atoms with Crippen LogP contribution in [0.1, 0.15) is 52.9 Å². The standard InChI is InChI=1S/C14H27NO2S/c1-14(2,3)12-6-4-5-7-13(12)15-11-8-9-18(16,17)10-11/h11-13,15H,4-10H2,1-3H3. The molecule has 1 aliphatic carbocycles. The van der Waals surface area contributed by atoms with Crippen LogP contribution in [0.2, 0.25) is 0 Å². The maximum atomic E-state index is 11.5.